The summed E-state index contributed by atoms with van der Waals surface area (Å²) in [6, 6.07) is 8.19. The zero-order valence-electron chi connectivity index (χ0n) is 15.4. The lowest BCUT2D eigenvalue weighted by molar-refractivity contribution is 0.296. The fourth-order valence-electron chi connectivity index (χ4n) is 2.56. The van der Waals surface area contributed by atoms with Crippen LogP contribution in [-0.2, 0) is 13.1 Å². The molecular weight excluding hydrogens is 441 g/mol. The number of aliphatic imine (C=N–C) groups is 1. The Morgan fingerprint density at radius 1 is 1.31 bits per heavy atom. The Hall–Kier alpha value is -1.77. The lowest BCUT2D eigenvalue weighted by Gasteiger charge is -2.15. The number of para-hydroxylation sites is 1. The van der Waals surface area contributed by atoms with Crippen molar-refractivity contribution in [2.45, 2.75) is 32.9 Å². The smallest absolute Gasteiger partial charge is 0.191 e. The van der Waals surface area contributed by atoms with Crippen molar-refractivity contribution in [1.29, 1.82) is 0 Å². The molecule has 1 saturated carbocycles. The zero-order chi connectivity index (χ0) is 17.5. The minimum absolute atomic E-state index is 0. The van der Waals surface area contributed by atoms with Gasteiger partial charge in [0.2, 0.25) is 0 Å². The third kappa shape index (κ3) is 6.51. The largest absolute Gasteiger partial charge is 0.493 e. The number of benzene rings is 1. The van der Waals surface area contributed by atoms with Crippen LogP contribution in [0.15, 0.2) is 41.7 Å². The molecule has 2 aromatic rings. The summed E-state index contributed by atoms with van der Waals surface area (Å²) < 4.78 is 7.88. The highest BCUT2D eigenvalue weighted by atomic mass is 127. The lowest BCUT2D eigenvalue weighted by Crippen LogP contribution is -2.38. The highest BCUT2D eigenvalue weighted by Crippen LogP contribution is 2.30. The van der Waals surface area contributed by atoms with Crippen molar-refractivity contribution in [1.82, 2.24) is 20.4 Å². The minimum atomic E-state index is 0. The molecule has 2 N–H and O–H groups in total. The number of nitrogens with one attached hydrogen (secondary N) is 2. The SMILES string of the molecule is CN=C(NCCn1cc(C)cn1)NCc1ccccc1OCC1CC1.I. The molecule has 1 aromatic carbocycles. The van der Waals surface area contributed by atoms with E-state index in [1.165, 1.54) is 18.4 Å². The predicted octanol–water partition coefficient (Wildman–Crippen LogP) is 2.96. The Morgan fingerprint density at radius 2 is 2.12 bits per heavy atom. The number of nitrogens with zero attached hydrogens (tertiary/aromatic N) is 3. The molecule has 1 fully saturated rings. The molecule has 3 rings (SSSR count). The number of guanidine groups is 1. The molecule has 1 aliphatic carbocycles. The molecule has 0 saturated heterocycles. The maximum atomic E-state index is 5.96. The van der Waals surface area contributed by atoms with Crippen molar-refractivity contribution < 1.29 is 4.74 Å². The van der Waals surface area contributed by atoms with Crippen LogP contribution in [0.2, 0.25) is 0 Å². The summed E-state index contributed by atoms with van der Waals surface area (Å²) in [7, 11) is 1.78. The highest BCUT2D eigenvalue weighted by Gasteiger charge is 2.22. The zero-order valence-corrected chi connectivity index (χ0v) is 17.8. The van der Waals surface area contributed by atoms with Gasteiger partial charge in [-0.3, -0.25) is 9.67 Å². The van der Waals surface area contributed by atoms with Crippen LogP contribution in [0.3, 0.4) is 0 Å². The molecule has 1 heterocycles. The molecule has 142 valence electrons. The van der Waals surface area contributed by atoms with Crippen molar-refractivity contribution >= 4 is 29.9 Å². The van der Waals surface area contributed by atoms with E-state index >= 15 is 0 Å². The van der Waals surface area contributed by atoms with Gasteiger partial charge < -0.3 is 15.4 Å². The number of rotatable bonds is 8. The molecule has 1 aromatic heterocycles. The van der Waals surface area contributed by atoms with E-state index in [0.717, 1.165) is 42.9 Å². The van der Waals surface area contributed by atoms with Gasteiger partial charge in [-0.25, -0.2) is 0 Å². The molecule has 26 heavy (non-hydrogen) atoms. The molecule has 0 spiro atoms. The number of aryl methyl sites for hydroxylation is 1. The van der Waals surface area contributed by atoms with E-state index in [1.54, 1.807) is 7.05 Å². The summed E-state index contributed by atoms with van der Waals surface area (Å²) in [6.45, 7) is 5.12. The van der Waals surface area contributed by atoms with E-state index < -0.39 is 0 Å². The van der Waals surface area contributed by atoms with Gasteiger partial charge in [0, 0.05) is 31.9 Å². The molecule has 0 bridgehead atoms. The first-order valence-corrected chi connectivity index (χ1v) is 8.89. The second-order valence-corrected chi connectivity index (χ2v) is 6.50. The van der Waals surface area contributed by atoms with Crippen LogP contribution in [0.5, 0.6) is 5.75 Å². The average Bonchev–Trinajstić information content (AvgIpc) is 3.37. The molecule has 1 aliphatic rings. The van der Waals surface area contributed by atoms with Crippen molar-refractivity contribution in [3.63, 3.8) is 0 Å². The van der Waals surface area contributed by atoms with Crippen molar-refractivity contribution in [3.05, 3.63) is 47.8 Å². The van der Waals surface area contributed by atoms with Crippen molar-refractivity contribution in [2.75, 3.05) is 20.2 Å². The molecule has 6 nitrogen and oxygen atoms in total. The average molecular weight is 469 g/mol. The van der Waals surface area contributed by atoms with Crippen LogP contribution in [-0.4, -0.2) is 35.9 Å². The van der Waals surface area contributed by atoms with Gasteiger partial charge in [0.15, 0.2) is 5.96 Å². The third-order valence-corrected chi connectivity index (χ3v) is 4.21. The van der Waals surface area contributed by atoms with Crippen LogP contribution in [0.25, 0.3) is 0 Å². The Balaban J connectivity index is 0.00000243. The molecule has 0 radical (unpaired) electrons. The van der Waals surface area contributed by atoms with Crippen LogP contribution < -0.4 is 15.4 Å². The van der Waals surface area contributed by atoms with Gasteiger partial charge in [-0.1, -0.05) is 18.2 Å². The van der Waals surface area contributed by atoms with E-state index in [2.05, 4.69) is 26.8 Å². The van der Waals surface area contributed by atoms with Crippen molar-refractivity contribution in [2.24, 2.45) is 10.9 Å². The van der Waals surface area contributed by atoms with E-state index in [0.29, 0.717) is 6.54 Å². The van der Waals surface area contributed by atoms with Crippen LogP contribution in [0.1, 0.15) is 24.0 Å². The minimum Gasteiger partial charge on any atom is -0.493 e. The first-order chi connectivity index (χ1) is 12.2. The maximum Gasteiger partial charge on any atom is 0.191 e. The molecule has 0 atom stereocenters. The second-order valence-electron chi connectivity index (χ2n) is 6.50. The van der Waals surface area contributed by atoms with E-state index in [4.69, 9.17) is 4.74 Å². The van der Waals surface area contributed by atoms with E-state index in [1.807, 2.05) is 42.2 Å². The Morgan fingerprint density at radius 3 is 2.81 bits per heavy atom. The monoisotopic (exact) mass is 469 g/mol. The van der Waals surface area contributed by atoms with Gasteiger partial charge in [-0.15, -0.1) is 24.0 Å². The topological polar surface area (TPSA) is 63.5 Å². The van der Waals surface area contributed by atoms with Gasteiger partial charge in [0.05, 0.1) is 19.3 Å². The molecular formula is C19H28IN5O. The Kier molecular flexibility index (Phi) is 8.21. The summed E-state index contributed by atoms with van der Waals surface area (Å²) in [4.78, 5) is 4.28. The van der Waals surface area contributed by atoms with Gasteiger partial charge in [-0.05, 0) is 37.3 Å². The van der Waals surface area contributed by atoms with Crippen LogP contribution >= 0.6 is 24.0 Å². The van der Waals surface area contributed by atoms with E-state index in [9.17, 15) is 0 Å². The molecule has 0 amide bonds. The number of halogens is 1. The second kappa shape index (κ2) is 10.4. The lowest BCUT2D eigenvalue weighted by atomic mass is 10.2. The van der Waals surface area contributed by atoms with E-state index in [-0.39, 0.29) is 24.0 Å². The first-order valence-electron chi connectivity index (χ1n) is 8.89. The van der Waals surface area contributed by atoms with Crippen molar-refractivity contribution in [3.8, 4) is 5.75 Å². The summed E-state index contributed by atoms with van der Waals surface area (Å²) in [5, 5.41) is 10.9. The number of hydrogen-bond donors (Lipinski definition) is 2. The van der Waals surface area contributed by atoms with Gasteiger partial charge in [0.1, 0.15) is 5.75 Å². The third-order valence-electron chi connectivity index (χ3n) is 4.21. The Bertz CT molecular complexity index is 711. The summed E-state index contributed by atoms with van der Waals surface area (Å²) in [5.74, 6) is 2.49. The van der Waals surface area contributed by atoms with Crippen LogP contribution in [0.4, 0.5) is 0 Å². The molecule has 0 unspecified atom stereocenters. The van der Waals surface area contributed by atoms with Gasteiger partial charge in [0.25, 0.3) is 0 Å². The fourth-order valence-corrected chi connectivity index (χ4v) is 2.56. The normalized spacial score (nSPS) is 13.8. The number of hydrogen-bond acceptors (Lipinski definition) is 3. The molecule has 0 aliphatic heterocycles. The predicted molar refractivity (Wildman–Crippen MR) is 115 cm³/mol. The van der Waals surface area contributed by atoms with Gasteiger partial charge >= 0.3 is 0 Å². The summed E-state index contributed by atoms with van der Waals surface area (Å²) in [6.07, 6.45) is 6.50. The Labute approximate surface area is 172 Å². The highest BCUT2D eigenvalue weighted by molar-refractivity contribution is 14.0. The van der Waals surface area contributed by atoms with Gasteiger partial charge in [-0.2, -0.15) is 5.10 Å². The maximum absolute atomic E-state index is 5.96. The summed E-state index contributed by atoms with van der Waals surface area (Å²) >= 11 is 0. The fraction of sp³-hybridized carbons (Fsp3) is 0.474. The number of ether oxygens (including phenoxy) is 1. The standard InChI is InChI=1S/C19H27N5O.HI/c1-15-11-23-24(13-15)10-9-21-19(20-2)22-12-17-5-3-4-6-18(17)25-14-16-7-8-16;/h3-6,11,13,16H,7-10,12,14H2,1-2H3,(H2,20,21,22);1H. The van der Waals surface area contributed by atoms with Crippen LogP contribution in [0, 0.1) is 12.8 Å². The number of aromatic nitrogens is 2. The quantitative estimate of drug-likeness (QED) is 0.355. The summed E-state index contributed by atoms with van der Waals surface area (Å²) in [5.41, 5.74) is 2.32. The first kappa shape index (κ1) is 20.5. The molecule has 7 heteroatoms.